The topological polar surface area (TPSA) is 101 Å². The highest BCUT2D eigenvalue weighted by molar-refractivity contribution is 8.00. The maximum absolute atomic E-state index is 11.6. The van der Waals surface area contributed by atoms with Crippen LogP contribution in [0.1, 0.15) is 64.9 Å². The third-order valence-electron chi connectivity index (χ3n) is 6.19. The molecule has 1 atom stereocenters. The Bertz CT molecular complexity index is 1010. The van der Waals surface area contributed by atoms with Gasteiger partial charge < -0.3 is 19.0 Å². The van der Waals surface area contributed by atoms with Gasteiger partial charge in [0, 0.05) is 25.0 Å². The second-order valence-corrected chi connectivity index (χ2v) is 12.4. The van der Waals surface area contributed by atoms with Crippen LogP contribution >= 0.6 is 23.5 Å². The summed E-state index contributed by atoms with van der Waals surface area (Å²) in [5.41, 5.74) is -0.690. The summed E-state index contributed by atoms with van der Waals surface area (Å²) >= 11 is 3.93. The van der Waals surface area contributed by atoms with Crippen molar-refractivity contribution in [3.8, 4) is 11.5 Å². The fourth-order valence-electron chi connectivity index (χ4n) is 3.58. The third-order valence-corrected chi connectivity index (χ3v) is 8.33. The van der Waals surface area contributed by atoms with E-state index in [2.05, 4.69) is 27.7 Å². The molecule has 2 heterocycles. The van der Waals surface area contributed by atoms with Crippen molar-refractivity contribution in [2.24, 2.45) is 10.8 Å². The second kappa shape index (κ2) is 13.3. The molecule has 34 heavy (non-hydrogen) atoms. The highest BCUT2D eigenvalue weighted by Crippen LogP contribution is 2.32. The molecule has 0 saturated carbocycles. The minimum Gasteiger partial charge on any atom is -0.502 e. The van der Waals surface area contributed by atoms with Gasteiger partial charge in [0.2, 0.25) is 10.9 Å². The lowest BCUT2D eigenvalue weighted by molar-refractivity contribution is 0.270. The van der Waals surface area contributed by atoms with Gasteiger partial charge >= 0.3 is 0 Å². The molecule has 190 valence electrons. The smallest absolute Gasteiger partial charge is 0.226 e. The van der Waals surface area contributed by atoms with Crippen molar-refractivity contribution in [3.63, 3.8) is 0 Å². The van der Waals surface area contributed by atoms with Gasteiger partial charge in [-0.3, -0.25) is 9.59 Å². The van der Waals surface area contributed by atoms with Crippen LogP contribution in [0, 0.1) is 10.8 Å². The second-order valence-electron chi connectivity index (χ2n) is 9.95. The summed E-state index contributed by atoms with van der Waals surface area (Å²) in [7, 11) is 0. The van der Waals surface area contributed by atoms with Gasteiger partial charge in [-0.1, -0.05) is 34.1 Å². The summed E-state index contributed by atoms with van der Waals surface area (Å²) in [5.74, 6) is 4.94. The first-order valence-corrected chi connectivity index (χ1v) is 14.1. The fourth-order valence-corrected chi connectivity index (χ4v) is 6.20. The molecule has 0 aliphatic heterocycles. The van der Waals surface area contributed by atoms with Crippen molar-refractivity contribution in [1.29, 1.82) is 0 Å². The maximum Gasteiger partial charge on any atom is 0.226 e. The van der Waals surface area contributed by atoms with E-state index in [0.29, 0.717) is 24.4 Å². The van der Waals surface area contributed by atoms with Crippen LogP contribution in [0.25, 0.3) is 0 Å². The monoisotopic (exact) mass is 510 g/mol. The minimum atomic E-state index is -0.393. The minimum absolute atomic E-state index is 0.0237. The van der Waals surface area contributed by atoms with Crippen molar-refractivity contribution < 1.29 is 19.0 Å². The lowest BCUT2D eigenvalue weighted by atomic mass is 9.80. The van der Waals surface area contributed by atoms with E-state index in [9.17, 15) is 19.8 Å². The molecule has 0 aliphatic carbocycles. The van der Waals surface area contributed by atoms with Gasteiger partial charge in [-0.05, 0) is 53.1 Å². The van der Waals surface area contributed by atoms with Gasteiger partial charge in [0.25, 0.3) is 0 Å². The van der Waals surface area contributed by atoms with Gasteiger partial charge in [0.15, 0.2) is 11.5 Å². The zero-order valence-corrected chi connectivity index (χ0v) is 22.4. The van der Waals surface area contributed by atoms with E-state index in [1.807, 2.05) is 23.5 Å². The molecule has 0 aromatic carbocycles. The zero-order chi connectivity index (χ0) is 25.2. The summed E-state index contributed by atoms with van der Waals surface area (Å²) in [6.07, 6.45) is 7.85. The van der Waals surface area contributed by atoms with Crippen molar-refractivity contribution in [1.82, 2.24) is 0 Å². The first-order valence-electron chi connectivity index (χ1n) is 11.8. The summed E-state index contributed by atoms with van der Waals surface area (Å²) in [5, 5.41) is 18.7. The predicted molar refractivity (Wildman–Crippen MR) is 141 cm³/mol. The van der Waals surface area contributed by atoms with Crippen LogP contribution in [0.3, 0.4) is 0 Å². The molecular weight excluding hydrogens is 472 g/mol. The number of thioether (sulfide) groups is 2. The molecule has 0 bridgehead atoms. The standard InChI is InChI=1S/C26H38O6S2/c1-5-26(4,16-20-14-22(28)24(30)18-32-20)8-12-34-10-6-9-33-11-7-25(2,3)15-19-13-21(27)23(29)17-31-19/h13-14,17-18,29-30H,5-12,15-16H2,1-4H3. The maximum atomic E-state index is 11.6. The predicted octanol–water partition coefficient (Wildman–Crippen LogP) is 5.87. The average Bonchev–Trinajstić information content (AvgIpc) is 2.77. The Morgan fingerprint density at radius 3 is 1.79 bits per heavy atom. The number of aromatic hydroxyl groups is 2. The lowest BCUT2D eigenvalue weighted by Gasteiger charge is -2.27. The van der Waals surface area contributed by atoms with Crippen LogP contribution in [0.2, 0.25) is 0 Å². The van der Waals surface area contributed by atoms with Crippen LogP contribution in [0.4, 0.5) is 0 Å². The molecule has 1 unspecified atom stereocenters. The van der Waals surface area contributed by atoms with E-state index in [1.165, 1.54) is 12.1 Å². The highest BCUT2D eigenvalue weighted by atomic mass is 32.2. The molecule has 0 aliphatic rings. The molecule has 0 fully saturated rings. The first kappa shape index (κ1) is 28.4. The number of hydrogen-bond donors (Lipinski definition) is 2. The molecule has 6 nitrogen and oxygen atoms in total. The molecule has 2 aromatic heterocycles. The third kappa shape index (κ3) is 9.82. The summed E-state index contributed by atoms with van der Waals surface area (Å²) in [6.45, 7) is 8.73. The fraction of sp³-hybridized carbons (Fsp3) is 0.615. The summed E-state index contributed by atoms with van der Waals surface area (Å²) in [6, 6.07) is 2.78. The van der Waals surface area contributed by atoms with Gasteiger partial charge in [-0.15, -0.1) is 0 Å². The summed E-state index contributed by atoms with van der Waals surface area (Å²) in [4.78, 5) is 23.2. The summed E-state index contributed by atoms with van der Waals surface area (Å²) < 4.78 is 10.7. The van der Waals surface area contributed by atoms with E-state index in [-0.39, 0.29) is 27.8 Å². The van der Waals surface area contributed by atoms with Gasteiger partial charge in [-0.2, -0.15) is 23.5 Å². The highest BCUT2D eigenvalue weighted by Gasteiger charge is 2.24. The molecule has 0 saturated heterocycles. The van der Waals surface area contributed by atoms with Crippen LogP contribution < -0.4 is 10.9 Å². The van der Waals surface area contributed by atoms with E-state index < -0.39 is 5.43 Å². The first-order chi connectivity index (χ1) is 16.0. The lowest BCUT2D eigenvalue weighted by Crippen LogP contribution is -2.20. The molecule has 2 N–H and O–H groups in total. The number of hydrogen-bond acceptors (Lipinski definition) is 8. The van der Waals surface area contributed by atoms with E-state index in [4.69, 9.17) is 8.83 Å². The Morgan fingerprint density at radius 2 is 1.29 bits per heavy atom. The quantitative estimate of drug-likeness (QED) is 0.287. The number of rotatable bonds is 15. The Hall–Kier alpha value is -1.80. The molecule has 8 heteroatoms. The average molecular weight is 511 g/mol. The Balaban J connectivity index is 1.59. The Labute approximate surface area is 210 Å². The molecular formula is C26H38O6S2. The van der Waals surface area contributed by atoms with Gasteiger partial charge in [0.05, 0.1) is 0 Å². The van der Waals surface area contributed by atoms with E-state index in [0.717, 1.165) is 61.2 Å². The Kier molecular flexibility index (Phi) is 11.2. The van der Waals surface area contributed by atoms with Crippen molar-refractivity contribution in [3.05, 3.63) is 56.6 Å². The normalized spacial score (nSPS) is 13.6. The molecule has 0 radical (unpaired) electrons. The molecule has 0 amide bonds. The van der Waals surface area contributed by atoms with Crippen LogP contribution in [-0.2, 0) is 12.8 Å². The largest absolute Gasteiger partial charge is 0.502 e. The Morgan fingerprint density at radius 1 is 0.794 bits per heavy atom. The SMILES string of the molecule is CCC(C)(CCSCCCSCCC(C)(C)Cc1cc(=O)c(O)co1)Cc1cc(=O)c(O)co1. The van der Waals surface area contributed by atoms with E-state index >= 15 is 0 Å². The van der Waals surface area contributed by atoms with Crippen LogP contribution in [0.5, 0.6) is 11.5 Å². The molecule has 2 rings (SSSR count). The van der Waals surface area contributed by atoms with Crippen LogP contribution in [0.15, 0.2) is 43.1 Å². The van der Waals surface area contributed by atoms with E-state index in [1.54, 1.807) is 0 Å². The van der Waals surface area contributed by atoms with Crippen molar-refractivity contribution >= 4 is 23.5 Å². The van der Waals surface area contributed by atoms with Gasteiger partial charge in [-0.25, -0.2) is 0 Å². The molecule has 2 aromatic rings. The zero-order valence-electron chi connectivity index (χ0n) is 20.7. The van der Waals surface area contributed by atoms with Crippen molar-refractivity contribution in [2.75, 3.05) is 23.0 Å². The van der Waals surface area contributed by atoms with Gasteiger partial charge in [0.1, 0.15) is 24.0 Å². The molecule has 0 spiro atoms. The van der Waals surface area contributed by atoms with Crippen LogP contribution in [-0.4, -0.2) is 33.2 Å². The van der Waals surface area contributed by atoms with Crippen molar-refractivity contribution in [2.45, 2.75) is 66.2 Å².